The monoisotopic (exact) mass is 321 g/mol. The maximum atomic E-state index is 11.1. The lowest BCUT2D eigenvalue weighted by atomic mass is 10.1. The highest BCUT2D eigenvalue weighted by Gasteiger charge is 2.15. The lowest BCUT2D eigenvalue weighted by Gasteiger charge is -2.11. The van der Waals surface area contributed by atoms with Gasteiger partial charge in [-0.25, -0.2) is 0 Å². The van der Waals surface area contributed by atoms with Crippen molar-refractivity contribution in [3.05, 3.63) is 33.4 Å². The van der Waals surface area contributed by atoms with E-state index in [0.717, 1.165) is 5.56 Å². The van der Waals surface area contributed by atoms with Gasteiger partial charge in [-0.3, -0.25) is 10.1 Å². The van der Waals surface area contributed by atoms with Crippen molar-refractivity contribution in [3.63, 3.8) is 0 Å². The van der Waals surface area contributed by atoms with Crippen molar-refractivity contribution >= 4 is 13.8 Å². The molecule has 22 heavy (non-hydrogen) atoms. The zero-order chi connectivity index (χ0) is 16.8. The number of nitrogens with zero attached hydrogens (tertiary/aromatic N) is 1. The molecule has 0 saturated heterocycles. The molecule has 6 heteroatoms. The Hall–Kier alpha value is -1.84. The number of hydrogen-bond donors (Lipinski definition) is 0. The number of nitro groups is 1. The number of rotatable bonds is 6. The molecule has 5 nitrogen and oxygen atoms in total. The number of ether oxygens (including phenoxy) is 2. The van der Waals surface area contributed by atoms with E-state index in [4.69, 9.17) is 9.47 Å². The van der Waals surface area contributed by atoms with Crippen LogP contribution in [0.3, 0.4) is 0 Å². The Balaban J connectivity index is 3.12. The lowest BCUT2D eigenvalue weighted by molar-refractivity contribution is -0.385. The summed E-state index contributed by atoms with van der Waals surface area (Å²) in [5, 5.41) is 11.1. The van der Waals surface area contributed by atoms with E-state index < -0.39 is 13.0 Å². The molecule has 0 aliphatic heterocycles. The van der Waals surface area contributed by atoms with E-state index in [9.17, 15) is 10.1 Å². The second-order valence-electron chi connectivity index (χ2n) is 5.92. The number of benzene rings is 1. The van der Waals surface area contributed by atoms with E-state index in [2.05, 4.69) is 31.1 Å². The fourth-order valence-corrected chi connectivity index (χ4v) is 2.18. The number of nitro benzene ring substituents is 1. The van der Waals surface area contributed by atoms with Crippen LogP contribution in [0, 0.1) is 28.5 Å². The summed E-state index contributed by atoms with van der Waals surface area (Å²) in [5.41, 5.74) is 4.71. The van der Waals surface area contributed by atoms with Crippen LogP contribution in [0.15, 0.2) is 12.1 Å². The molecule has 0 spiro atoms. The molecule has 0 amide bonds. The van der Waals surface area contributed by atoms with Gasteiger partial charge in [-0.1, -0.05) is 25.6 Å². The minimum atomic E-state index is -1.55. The Morgan fingerprint density at radius 1 is 1.27 bits per heavy atom. The van der Waals surface area contributed by atoms with Gasteiger partial charge in [0.05, 0.1) is 17.6 Å². The van der Waals surface area contributed by atoms with Gasteiger partial charge < -0.3 is 9.47 Å². The highest BCUT2D eigenvalue weighted by molar-refractivity contribution is 6.83. The van der Waals surface area contributed by atoms with Crippen molar-refractivity contribution in [1.29, 1.82) is 0 Å². The number of hydrogen-bond acceptors (Lipinski definition) is 4. The quantitative estimate of drug-likeness (QED) is 0.264. The summed E-state index contributed by atoms with van der Waals surface area (Å²) in [7, 11) is -1.55. The smallest absolute Gasteiger partial charge is 0.274 e. The van der Waals surface area contributed by atoms with Crippen molar-refractivity contribution < 1.29 is 14.4 Å². The third-order valence-electron chi connectivity index (χ3n) is 2.82. The molecule has 0 atom stereocenters. The second kappa shape index (κ2) is 7.97. The van der Waals surface area contributed by atoms with Gasteiger partial charge in [0, 0.05) is 23.8 Å². The molecule has 0 unspecified atom stereocenters. The fourth-order valence-electron chi connectivity index (χ4n) is 1.67. The largest absolute Gasteiger partial charge is 0.491 e. The van der Waals surface area contributed by atoms with Gasteiger partial charge in [-0.15, -0.1) is 5.54 Å². The van der Waals surface area contributed by atoms with Crippen LogP contribution in [0.1, 0.15) is 18.1 Å². The van der Waals surface area contributed by atoms with Crippen molar-refractivity contribution in [2.24, 2.45) is 0 Å². The molecule has 0 heterocycles. The van der Waals surface area contributed by atoms with Crippen LogP contribution >= 0.6 is 0 Å². The first-order valence-electron chi connectivity index (χ1n) is 7.27. The van der Waals surface area contributed by atoms with Gasteiger partial charge in [0.2, 0.25) is 0 Å². The van der Waals surface area contributed by atoms with Crippen LogP contribution in [-0.2, 0) is 4.74 Å². The molecule has 1 aromatic rings. The maximum absolute atomic E-state index is 11.1. The molecule has 0 fully saturated rings. The molecule has 0 radical (unpaired) electrons. The van der Waals surface area contributed by atoms with E-state index in [1.54, 1.807) is 0 Å². The lowest BCUT2D eigenvalue weighted by Crippen LogP contribution is -2.16. The summed E-state index contributed by atoms with van der Waals surface area (Å²) >= 11 is 0. The first kappa shape index (κ1) is 18.2. The molecule has 120 valence electrons. The predicted octanol–water partition coefficient (Wildman–Crippen LogP) is 3.55. The molecule has 1 rings (SSSR count). The summed E-state index contributed by atoms with van der Waals surface area (Å²) in [6, 6.07) is 2.96. The van der Waals surface area contributed by atoms with Crippen molar-refractivity contribution in [3.8, 4) is 17.2 Å². The normalized spacial score (nSPS) is 10.8. The molecule has 0 aliphatic rings. The molecule has 0 bridgehead atoms. The molecule has 0 aromatic heterocycles. The maximum Gasteiger partial charge on any atom is 0.274 e. The zero-order valence-corrected chi connectivity index (χ0v) is 14.9. The summed E-state index contributed by atoms with van der Waals surface area (Å²) in [4.78, 5) is 10.7. The highest BCUT2D eigenvalue weighted by atomic mass is 28.3. The van der Waals surface area contributed by atoms with E-state index in [0.29, 0.717) is 31.1 Å². The standard InChI is InChI=1S/C16H23NO4Si/c1-6-20-8-9-21-16-12-15(17(18)19)11-14(13(16)2)7-10-22(3,4)5/h11-12H,6,8-9H2,1-5H3. The third-order valence-corrected chi connectivity index (χ3v) is 3.69. The van der Waals surface area contributed by atoms with Crippen LogP contribution in [0.5, 0.6) is 5.75 Å². The first-order valence-corrected chi connectivity index (χ1v) is 10.8. The zero-order valence-electron chi connectivity index (χ0n) is 13.9. The molecule has 0 aliphatic carbocycles. The van der Waals surface area contributed by atoms with E-state index in [1.807, 2.05) is 13.8 Å². The Bertz CT molecular complexity index is 597. The van der Waals surface area contributed by atoms with Crippen LogP contribution in [0.2, 0.25) is 19.6 Å². The predicted molar refractivity (Wildman–Crippen MR) is 90.0 cm³/mol. The Morgan fingerprint density at radius 3 is 2.50 bits per heavy atom. The van der Waals surface area contributed by atoms with Crippen LogP contribution < -0.4 is 4.74 Å². The van der Waals surface area contributed by atoms with Crippen LogP contribution in [0.4, 0.5) is 5.69 Å². The van der Waals surface area contributed by atoms with E-state index in [1.165, 1.54) is 12.1 Å². The van der Waals surface area contributed by atoms with E-state index in [-0.39, 0.29) is 5.69 Å². The van der Waals surface area contributed by atoms with Crippen LogP contribution in [0.25, 0.3) is 0 Å². The average Bonchev–Trinajstić information content (AvgIpc) is 2.42. The Morgan fingerprint density at radius 2 is 1.95 bits per heavy atom. The molecule has 0 N–H and O–H groups in total. The summed E-state index contributed by atoms with van der Waals surface area (Å²) in [5.74, 6) is 3.58. The van der Waals surface area contributed by atoms with Gasteiger partial charge in [0.1, 0.15) is 20.4 Å². The van der Waals surface area contributed by atoms with Gasteiger partial charge in [-0.05, 0) is 13.8 Å². The third kappa shape index (κ3) is 5.88. The van der Waals surface area contributed by atoms with Gasteiger partial charge in [0.25, 0.3) is 5.69 Å². The fraction of sp³-hybridized carbons (Fsp3) is 0.500. The topological polar surface area (TPSA) is 61.6 Å². The van der Waals surface area contributed by atoms with Crippen LogP contribution in [-0.4, -0.2) is 32.8 Å². The minimum Gasteiger partial charge on any atom is -0.491 e. The average molecular weight is 321 g/mol. The van der Waals surface area contributed by atoms with Gasteiger partial charge in [0.15, 0.2) is 0 Å². The summed E-state index contributed by atoms with van der Waals surface area (Å²) < 4.78 is 10.8. The second-order valence-corrected chi connectivity index (χ2v) is 10.7. The molecular formula is C16H23NO4Si. The number of non-ortho nitro benzene ring substituents is 1. The summed E-state index contributed by atoms with van der Waals surface area (Å²) in [6.45, 7) is 11.6. The molecular weight excluding hydrogens is 298 g/mol. The Kier molecular flexibility index (Phi) is 6.59. The highest BCUT2D eigenvalue weighted by Crippen LogP contribution is 2.28. The Labute approximate surface area is 132 Å². The summed E-state index contributed by atoms with van der Waals surface area (Å²) in [6.07, 6.45) is 0. The minimum absolute atomic E-state index is 0.00288. The van der Waals surface area contributed by atoms with Crippen molar-refractivity contribution in [2.75, 3.05) is 19.8 Å². The first-order chi connectivity index (χ1) is 10.2. The van der Waals surface area contributed by atoms with Gasteiger partial charge in [-0.2, -0.15) is 0 Å². The van der Waals surface area contributed by atoms with E-state index >= 15 is 0 Å². The van der Waals surface area contributed by atoms with Crippen molar-refractivity contribution in [2.45, 2.75) is 33.5 Å². The molecule has 0 saturated carbocycles. The van der Waals surface area contributed by atoms with Crippen molar-refractivity contribution in [1.82, 2.24) is 0 Å². The SMILES string of the molecule is CCOCCOc1cc([N+](=O)[O-])cc(C#C[Si](C)(C)C)c1C. The van der Waals surface area contributed by atoms with Gasteiger partial charge >= 0.3 is 0 Å². The molecule has 1 aromatic carbocycles.